The van der Waals surface area contributed by atoms with Crippen molar-refractivity contribution >= 4 is 17.6 Å². The summed E-state index contributed by atoms with van der Waals surface area (Å²) in [6.07, 6.45) is 1.27. The maximum Gasteiger partial charge on any atom is 0.490 e. The van der Waals surface area contributed by atoms with E-state index in [0.717, 1.165) is 31.2 Å². The van der Waals surface area contributed by atoms with Gasteiger partial charge in [-0.05, 0) is 37.0 Å². The summed E-state index contributed by atoms with van der Waals surface area (Å²) in [5.74, 6) is -3.12. The normalized spacial score (nSPS) is 17.0. The Labute approximate surface area is 167 Å². The molecule has 2 aromatic rings. The highest BCUT2D eigenvalue weighted by atomic mass is 19.4. The fourth-order valence-electron chi connectivity index (χ4n) is 2.78. The van der Waals surface area contributed by atoms with Crippen LogP contribution >= 0.6 is 0 Å². The number of amides is 1. The molecule has 0 radical (unpaired) electrons. The summed E-state index contributed by atoms with van der Waals surface area (Å²) in [4.78, 5) is 25.3. The van der Waals surface area contributed by atoms with Crippen LogP contribution in [0.15, 0.2) is 24.5 Å². The fraction of sp³-hybridized carbons (Fsp3) is 0.444. The van der Waals surface area contributed by atoms with Crippen LogP contribution in [0.5, 0.6) is 0 Å². The van der Waals surface area contributed by atoms with Gasteiger partial charge in [-0.1, -0.05) is 13.3 Å². The molecule has 1 unspecified atom stereocenters. The van der Waals surface area contributed by atoms with Crippen molar-refractivity contribution in [3.05, 3.63) is 30.1 Å². The summed E-state index contributed by atoms with van der Waals surface area (Å²) in [6, 6.07) is 3.68. The van der Waals surface area contributed by atoms with Crippen LogP contribution in [-0.4, -0.2) is 37.9 Å². The standard InChI is InChI=1S/C16H18F2N4O.C2HF3O2/c1-10-4-2-3-5-11-6-7-19-12(8-11)14-13(21-15(10)23)9-20-22(14)16(17)18;3-2(4,5)1(6)7/h6-10,16H,2-5H2,1H3,(H,21,23);(H,6,7). The molecule has 0 saturated heterocycles. The largest absolute Gasteiger partial charge is 0.490 e. The number of alkyl halides is 5. The van der Waals surface area contributed by atoms with E-state index < -0.39 is 18.7 Å². The van der Waals surface area contributed by atoms with E-state index in [1.165, 1.54) is 6.20 Å². The number of carboxylic acids is 1. The first-order valence-corrected chi connectivity index (χ1v) is 8.92. The van der Waals surface area contributed by atoms with E-state index in [9.17, 15) is 26.7 Å². The SMILES string of the molecule is CC1CCCCc2ccnc(c2)-c2c(cnn2C(F)F)NC1=O.O=C(O)C(F)(F)F. The molecule has 30 heavy (non-hydrogen) atoms. The third kappa shape index (κ3) is 5.97. The molecule has 1 aliphatic heterocycles. The number of carbonyl (C=O) groups is 2. The van der Waals surface area contributed by atoms with Crippen molar-refractivity contribution in [2.24, 2.45) is 5.92 Å². The number of carbonyl (C=O) groups excluding carboxylic acids is 1. The molecule has 1 amide bonds. The Hall–Kier alpha value is -3.05. The van der Waals surface area contributed by atoms with Crippen molar-refractivity contribution < 1.29 is 36.6 Å². The van der Waals surface area contributed by atoms with Crippen LogP contribution in [0.2, 0.25) is 0 Å². The summed E-state index contributed by atoms with van der Waals surface area (Å²) in [5.41, 5.74) is 1.85. The molecule has 7 nitrogen and oxygen atoms in total. The van der Waals surface area contributed by atoms with Gasteiger partial charge in [0, 0.05) is 12.1 Å². The van der Waals surface area contributed by atoms with E-state index in [1.807, 2.05) is 13.0 Å². The number of fused-ring (bicyclic) bond motifs is 4. The lowest BCUT2D eigenvalue weighted by atomic mass is 9.99. The number of nitrogens with zero attached hydrogens (tertiary/aromatic N) is 3. The molecule has 1 atom stereocenters. The van der Waals surface area contributed by atoms with Gasteiger partial charge in [0.15, 0.2) is 0 Å². The Morgan fingerprint density at radius 3 is 2.60 bits per heavy atom. The van der Waals surface area contributed by atoms with Crippen molar-refractivity contribution in [1.82, 2.24) is 14.8 Å². The summed E-state index contributed by atoms with van der Waals surface area (Å²) < 4.78 is 58.8. The maximum absolute atomic E-state index is 13.2. The first-order chi connectivity index (χ1) is 14.0. The second-order valence-corrected chi connectivity index (χ2v) is 6.62. The first-order valence-electron chi connectivity index (χ1n) is 8.92. The molecule has 0 aromatic carbocycles. The van der Waals surface area contributed by atoms with E-state index in [4.69, 9.17) is 9.90 Å². The fourth-order valence-corrected chi connectivity index (χ4v) is 2.78. The molecule has 3 rings (SSSR count). The second kappa shape index (κ2) is 9.63. The number of nitrogens with one attached hydrogen (secondary N) is 1. The second-order valence-electron chi connectivity index (χ2n) is 6.62. The molecule has 0 spiro atoms. The van der Waals surface area contributed by atoms with E-state index in [1.54, 1.807) is 12.3 Å². The molecule has 2 aromatic heterocycles. The Bertz CT molecular complexity index is 898. The highest BCUT2D eigenvalue weighted by molar-refractivity contribution is 5.95. The highest BCUT2D eigenvalue weighted by Gasteiger charge is 2.38. The number of pyridine rings is 1. The minimum Gasteiger partial charge on any atom is -0.475 e. The average Bonchev–Trinajstić information content (AvgIpc) is 3.08. The van der Waals surface area contributed by atoms with Gasteiger partial charge < -0.3 is 10.4 Å². The Balaban J connectivity index is 0.000000396. The number of aryl methyl sites for hydroxylation is 1. The predicted octanol–water partition coefficient (Wildman–Crippen LogP) is 4.27. The molecular formula is C18H19F5N4O3. The number of halogens is 5. The van der Waals surface area contributed by atoms with Gasteiger partial charge in [-0.25, -0.2) is 4.79 Å². The average molecular weight is 434 g/mol. The molecule has 1 aliphatic rings. The van der Waals surface area contributed by atoms with E-state index in [-0.39, 0.29) is 23.2 Å². The molecule has 164 valence electrons. The quantitative estimate of drug-likeness (QED) is 0.654. The van der Waals surface area contributed by atoms with Crippen LogP contribution < -0.4 is 5.32 Å². The number of aromatic nitrogens is 3. The van der Waals surface area contributed by atoms with Crippen molar-refractivity contribution in [3.8, 4) is 11.4 Å². The Morgan fingerprint density at radius 2 is 2.00 bits per heavy atom. The van der Waals surface area contributed by atoms with E-state index in [0.29, 0.717) is 10.4 Å². The van der Waals surface area contributed by atoms with Gasteiger partial charge in [0.1, 0.15) is 5.69 Å². The smallest absolute Gasteiger partial charge is 0.475 e. The zero-order valence-electron chi connectivity index (χ0n) is 15.8. The lowest BCUT2D eigenvalue weighted by Crippen LogP contribution is -2.21. The number of aliphatic carboxylic acids is 1. The third-order valence-electron chi connectivity index (χ3n) is 4.35. The summed E-state index contributed by atoms with van der Waals surface area (Å²) in [7, 11) is 0. The number of hydrogen-bond donors (Lipinski definition) is 2. The van der Waals surface area contributed by atoms with Crippen LogP contribution in [0.4, 0.5) is 27.6 Å². The van der Waals surface area contributed by atoms with E-state index >= 15 is 0 Å². The molecule has 0 fully saturated rings. The Kier molecular flexibility index (Phi) is 7.46. The van der Waals surface area contributed by atoms with Crippen LogP contribution in [0, 0.1) is 5.92 Å². The van der Waals surface area contributed by atoms with Gasteiger partial charge in [0.2, 0.25) is 5.91 Å². The van der Waals surface area contributed by atoms with Crippen LogP contribution in [0.25, 0.3) is 11.4 Å². The van der Waals surface area contributed by atoms with Gasteiger partial charge in [-0.2, -0.15) is 31.7 Å². The van der Waals surface area contributed by atoms with Gasteiger partial charge >= 0.3 is 18.7 Å². The summed E-state index contributed by atoms with van der Waals surface area (Å²) in [6.45, 7) is -0.957. The minimum absolute atomic E-state index is 0.142. The minimum atomic E-state index is -5.08. The van der Waals surface area contributed by atoms with Crippen molar-refractivity contribution in [2.75, 3.05) is 5.32 Å². The monoisotopic (exact) mass is 434 g/mol. The van der Waals surface area contributed by atoms with Gasteiger partial charge in [0.05, 0.1) is 17.6 Å². The van der Waals surface area contributed by atoms with Crippen LogP contribution in [0.1, 0.15) is 38.3 Å². The van der Waals surface area contributed by atoms with Crippen molar-refractivity contribution in [1.29, 1.82) is 0 Å². The van der Waals surface area contributed by atoms with Gasteiger partial charge in [-0.3, -0.25) is 9.78 Å². The van der Waals surface area contributed by atoms with Crippen LogP contribution in [-0.2, 0) is 16.0 Å². The predicted molar refractivity (Wildman–Crippen MR) is 95.8 cm³/mol. The molecule has 3 heterocycles. The number of carboxylic acid groups (broad SMARTS) is 1. The summed E-state index contributed by atoms with van der Waals surface area (Å²) >= 11 is 0. The first kappa shape index (κ1) is 23.2. The highest BCUT2D eigenvalue weighted by Crippen LogP contribution is 2.31. The number of hydrogen-bond acceptors (Lipinski definition) is 4. The van der Waals surface area contributed by atoms with Crippen LogP contribution in [0.3, 0.4) is 0 Å². The maximum atomic E-state index is 13.2. The molecule has 0 aliphatic carbocycles. The van der Waals surface area contributed by atoms with Gasteiger partial charge in [-0.15, -0.1) is 0 Å². The topological polar surface area (TPSA) is 97.1 Å². The van der Waals surface area contributed by atoms with Crippen molar-refractivity contribution in [3.63, 3.8) is 0 Å². The lowest BCUT2D eigenvalue weighted by Gasteiger charge is -2.15. The van der Waals surface area contributed by atoms with E-state index in [2.05, 4.69) is 15.4 Å². The summed E-state index contributed by atoms with van der Waals surface area (Å²) in [5, 5.41) is 13.6. The zero-order chi connectivity index (χ0) is 22.5. The lowest BCUT2D eigenvalue weighted by molar-refractivity contribution is -0.192. The molecular weight excluding hydrogens is 415 g/mol. The molecule has 0 saturated carbocycles. The van der Waals surface area contributed by atoms with Crippen molar-refractivity contribution in [2.45, 2.75) is 45.3 Å². The molecule has 2 bridgehead atoms. The Morgan fingerprint density at radius 1 is 1.33 bits per heavy atom. The number of anilines is 1. The zero-order valence-corrected chi connectivity index (χ0v) is 15.8. The van der Waals surface area contributed by atoms with Gasteiger partial charge in [0.25, 0.3) is 0 Å². The molecule has 12 heteroatoms. The molecule has 2 N–H and O–H groups in total. The number of rotatable bonds is 1. The third-order valence-corrected chi connectivity index (χ3v) is 4.35.